The molecule has 0 aromatic carbocycles. The van der Waals surface area contributed by atoms with Gasteiger partial charge in [-0.05, 0) is 0 Å². The van der Waals surface area contributed by atoms with E-state index in [0.29, 0.717) is 26.3 Å². The average molecular weight is 209 g/mol. The van der Waals surface area contributed by atoms with Gasteiger partial charge in [0.05, 0.1) is 13.2 Å². The number of hydrogen-bond acceptors (Lipinski definition) is 6. The van der Waals surface area contributed by atoms with Crippen molar-refractivity contribution < 1.29 is 21.5 Å². The summed E-state index contributed by atoms with van der Waals surface area (Å²) in [6.45, 7) is 3.96. The molecule has 6 nitrogen and oxygen atoms in total. The summed E-state index contributed by atoms with van der Waals surface area (Å²) in [4.78, 5) is 1.79. The van der Waals surface area contributed by atoms with Crippen molar-refractivity contribution in [3.8, 4) is 0 Å². The summed E-state index contributed by atoms with van der Waals surface area (Å²) in [5.41, 5.74) is 0. The quantitative estimate of drug-likeness (QED) is 0.568. The van der Waals surface area contributed by atoms with E-state index in [-0.39, 0.29) is 0 Å². The summed E-state index contributed by atoms with van der Waals surface area (Å²) in [6.07, 6.45) is 0. The molecule has 7 heteroatoms. The van der Waals surface area contributed by atoms with Crippen LogP contribution in [0.4, 0.5) is 0 Å². The Morgan fingerprint density at radius 2 is 1.77 bits per heavy atom. The van der Waals surface area contributed by atoms with E-state index in [9.17, 15) is 8.42 Å². The van der Waals surface area contributed by atoms with Gasteiger partial charge in [-0.3, -0.25) is 0 Å². The highest BCUT2D eigenvalue weighted by Crippen LogP contribution is 2.33. The lowest BCUT2D eigenvalue weighted by Crippen LogP contribution is -2.62. The zero-order valence-electron chi connectivity index (χ0n) is 7.23. The van der Waals surface area contributed by atoms with Gasteiger partial charge in [-0.25, -0.2) is 4.90 Å². The van der Waals surface area contributed by atoms with Crippen LogP contribution in [0.5, 0.6) is 0 Å². The molecule has 2 saturated heterocycles. The molecule has 0 spiro atoms. The Morgan fingerprint density at radius 1 is 1.23 bits per heavy atom. The normalized spacial score (nSPS) is 32.4. The van der Waals surface area contributed by atoms with Gasteiger partial charge in [0.2, 0.25) is 0 Å². The van der Waals surface area contributed by atoms with Crippen molar-refractivity contribution in [3.63, 3.8) is 0 Å². The summed E-state index contributed by atoms with van der Waals surface area (Å²) in [6, 6.07) is 0. The Balaban J connectivity index is 2.01. The Labute approximate surface area is 76.7 Å². The van der Waals surface area contributed by atoms with E-state index in [0.717, 1.165) is 0 Å². The third-order valence-corrected chi connectivity index (χ3v) is 3.13. The van der Waals surface area contributed by atoms with E-state index in [2.05, 4.69) is 8.37 Å². The molecule has 0 atom stereocenters. The molecule has 2 heterocycles. The lowest BCUT2D eigenvalue weighted by molar-refractivity contribution is -0.279. The fourth-order valence-electron chi connectivity index (χ4n) is 1.46. The highest BCUT2D eigenvalue weighted by Gasteiger charge is 2.52. The lowest BCUT2D eigenvalue weighted by Gasteiger charge is -2.45. The Kier molecular flexibility index (Phi) is 2.08. The van der Waals surface area contributed by atoms with E-state index < -0.39 is 16.3 Å². The van der Waals surface area contributed by atoms with Gasteiger partial charge in [0.25, 0.3) is 5.91 Å². The van der Waals surface area contributed by atoms with Gasteiger partial charge in [-0.2, -0.15) is 16.8 Å². The van der Waals surface area contributed by atoms with Gasteiger partial charge in [0.15, 0.2) is 0 Å². The number of ether oxygens (including phenoxy) is 1. The molecule has 13 heavy (non-hydrogen) atoms. The topological polar surface area (TPSA) is 65.1 Å². The first kappa shape index (κ1) is 9.35. The lowest BCUT2D eigenvalue weighted by atomic mass is 10.4. The van der Waals surface area contributed by atoms with E-state index in [4.69, 9.17) is 4.74 Å². The van der Waals surface area contributed by atoms with Gasteiger partial charge in [0.1, 0.15) is 0 Å². The van der Waals surface area contributed by atoms with Gasteiger partial charge in [-0.1, -0.05) is 0 Å². The van der Waals surface area contributed by atoms with Crippen molar-refractivity contribution in [3.05, 3.63) is 0 Å². The van der Waals surface area contributed by atoms with Crippen LogP contribution in [0.25, 0.3) is 0 Å². The van der Waals surface area contributed by atoms with Gasteiger partial charge >= 0.3 is 10.4 Å². The van der Waals surface area contributed by atoms with Crippen molar-refractivity contribution in [1.82, 2.24) is 4.90 Å². The Morgan fingerprint density at radius 3 is 2.23 bits per heavy atom. The molecule has 0 radical (unpaired) electrons. The average Bonchev–Trinajstić information content (AvgIpc) is 2.02. The SMILES string of the molecule is CC1(N2CCOCC2)OS(=O)(=O)O1. The van der Waals surface area contributed by atoms with Gasteiger partial charge in [0, 0.05) is 20.0 Å². The van der Waals surface area contributed by atoms with Crippen molar-refractivity contribution in [1.29, 1.82) is 0 Å². The second kappa shape index (κ2) is 2.89. The molecule has 0 aromatic rings. The van der Waals surface area contributed by atoms with Crippen molar-refractivity contribution >= 4 is 10.4 Å². The molecule has 2 fully saturated rings. The third-order valence-electron chi connectivity index (χ3n) is 2.10. The highest BCUT2D eigenvalue weighted by molar-refractivity contribution is 7.82. The van der Waals surface area contributed by atoms with Crippen LogP contribution in [0.1, 0.15) is 6.92 Å². The van der Waals surface area contributed by atoms with Gasteiger partial charge < -0.3 is 4.74 Å². The second-order valence-corrected chi connectivity index (χ2v) is 4.22. The molecular weight excluding hydrogens is 198 g/mol. The van der Waals surface area contributed by atoms with Crippen molar-refractivity contribution in [2.45, 2.75) is 12.8 Å². The molecular formula is C6H11NO5S. The summed E-state index contributed by atoms with van der Waals surface area (Å²) in [5.74, 6) is -1.11. The minimum Gasteiger partial charge on any atom is -0.379 e. The third kappa shape index (κ3) is 1.70. The molecule has 76 valence electrons. The number of nitrogens with zero attached hydrogens (tertiary/aromatic N) is 1. The van der Waals surface area contributed by atoms with E-state index in [1.54, 1.807) is 11.8 Å². The first-order valence-corrected chi connectivity index (χ1v) is 5.34. The van der Waals surface area contributed by atoms with E-state index in [1.165, 1.54) is 0 Å². The number of morpholine rings is 1. The predicted octanol–water partition coefficient (Wildman–Crippen LogP) is -0.716. The first-order chi connectivity index (χ1) is 6.02. The smallest absolute Gasteiger partial charge is 0.379 e. The molecule has 0 N–H and O–H groups in total. The van der Waals surface area contributed by atoms with Crippen LogP contribution in [0, 0.1) is 0 Å². The number of hydrogen-bond donors (Lipinski definition) is 0. The van der Waals surface area contributed by atoms with E-state index in [1.807, 2.05) is 0 Å². The van der Waals surface area contributed by atoms with Crippen LogP contribution >= 0.6 is 0 Å². The van der Waals surface area contributed by atoms with Crippen molar-refractivity contribution in [2.75, 3.05) is 26.3 Å². The molecule has 2 rings (SSSR count). The molecule has 0 bridgehead atoms. The maximum atomic E-state index is 10.6. The molecule has 0 aliphatic carbocycles. The molecule has 0 unspecified atom stereocenters. The summed E-state index contributed by atoms with van der Waals surface area (Å²) in [5, 5.41) is 0. The van der Waals surface area contributed by atoms with Crippen LogP contribution in [-0.4, -0.2) is 45.5 Å². The Hall–Kier alpha value is -0.210. The minimum atomic E-state index is -3.72. The molecule has 0 saturated carbocycles. The summed E-state index contributed by atoms with van der Waals surface area (Å²) >= 11 is 0. The van der Waals surface area contributed by atoms with Crippen molar-refractivity contribution in [2.24, 2.45) is 0 Å². The van der Waals surface area contributed by atoms with Crippen LogP contribution in [0.2, 0.25) is 0 Å². The largest absolute Gasteiger partial charge is 0.407 e. The van der Waals surface area contributed by atoms with Crippen LogP contribution < -0.4 is 0 Å². The summed E-state index contributed by atoms with van der Waals surface area (Å²) in [7, 11) is -3.72. The zero-order valence-corrected chi connectivity index (χ0v) is 8.04. The fourth-order valence-corrected chi connectivity index (χ4v) is 2.44. The highest BCUT2D eigenvalue weighted by atomic mass is 32.3. The molecule has 2 aliphatic heterocycles. The number of rotatable bonds is 1. The minimum absolute atomic E-state index is 0.572. The first-order valence-electron chi connectivity index (χ1n) is 4.01. The zero-order chi connectivity index (χ0) is 9.53. The van der Waals surface area contributed by atoms with Crippen LogP contribution in [0.15, 0.2) is 0 Å². The fraction of sp³-hybridized carbons (Fsp3) is 1.00. The molecule has 2 aliphatic rings. The van der Waals surface area contributed by atoms with Crippen LogP contribution in [0.3, 0.4) is 0 Å². The molecule has 0 amide bonds. The Bertz CT molecular complexity index is 282. The predicted molar refractivity (Wildman–Crippen MR) is 41.9 cm³/mol. The monoisotopic (exact) mass is 209 g/mol. The standard InChI is InChI=1S/C6H11NO5S/c1-6(11-13(8,9)12-6)7-2-4-10-5-3-7/h2-5H2,1H3. The van der Waals surface area contributed by atoms with Gasteiger partial charge in [-0.15, -0.1) is 0 Å². The summed E-state index contributed by atoms with van der Waals surface area (Å²) < 4.78 is 35.7. The maximum Gasteiger partial charge on any atom is 0.407 e. The van der Waals surface area contributed by atoms with Crippen LogP contribution in [-0.2, 0) is 23.5 Å². The van der Waals surface area contributed by atoms with E-state index >= 15 is 0 Å². The maximum absolute atomic E-state index is 10.6. The molecule has 0 aromatic heterocycles. The second-order valence-electron chi connectivity index (χ2n) is 3.07.